The molecule has 4 aromatic rings. The predicted molar refractivity (Wildman–Crippen MR) is 205 cm³/mol. The first-order valence-corrected chi connectivity index (χ1v) is 18.5. The quantitative estimate of drug-likeness (QED) is 0.0139. The summed E-state index contributed by atoms with van der Waals surface area (Å²) in [4.78, 5) is 53.0. The highest BCUT2D eigenvalue weighted by molar-refractivity contribution is 7.22. The monoisotopic (exact) mass is 751 g/mol. The molecule has 5 rings (SSSR count). The number of benzene rings is 3. The van der Waals surface area contributed by atoms with Gasteiger partial charge >= 0.3 is 17.9 Å². The topological polar surface area (TPSA) is 143 Å². The van der Waals surface area contributed by atoms with Crippen molar-refractivity contribution in [2.75, 3.05) is 24.8 Å². The van der Waals surface area contributed by atoms with E-state index in [1.165, 1.54) is 35.8 Å². The minimum Gasteiger partial charge on any atom is -0.494 e. The lowest BCUT2D eigenvalue weighted by Crippen LogP contribution is -2.30. The summed E-state index contributed by atoms with van der Waals surface area (Å²) < 4.78 is 28.2. The molecular weight excluding hydrogens is 711 g/mol. The summed E-state index contributed by atoms with van der Waals surface area (Å²) in [5, 5.41) is 6.69. The number of para-hydroxylation sites is 1. The van der Waals surface area contributed by atoms with Crippen LogP contribution in [0.25, 0.3) is 10.2 Å². The predicted octanol–water partition coefficient (Wildman–Crippen LogP) is 7.29. The molecule has 1 heterocycles. The third-order valence-electron chi connectivity index (χ3n) is 8.61. The first-order valence-electron chi connectivity index (χ1n) is 17.7. The highest BCUT2D eigenvalue weighted by Crippen LogP contribution is 2.33. The Hall–Kier alpha value is -6.00. The van der Waals surface area contributed by atoms with Crippen LogP contribution in [0.2, 0.25) is 0 Å². The normalized spacial score (nSPS) is 15.2. The molecule has 0 aliphatic heterocycles. The SMILES string of the molecule is C#CCN(/N=C/c1cc(OC=O)ccc1OC(=O)C1CCC(C(=O)Oc2ccc(OCCCCCCOC(=O)C=C)cc2)CC1)c1nc2ccccc2s1. The van der Waals surface area contributed by atoms with E-state index < -0.39 is 17.9 Å². The molecule has 0 N–H and O–H groups in total. The summed E-state index contributed by atoms with van der Waals surface area (Å²) in [5.41, 5.74) is 1.20. The third-order valence-corrected chi connectivity index (χ3v) is 9.66. The van der Waals surface area contributed by atoms with Crippen molar-refractivity contribution in [2.45, 2.75) is 51.4 Å². The average Bonchev–Trinajstić information content (AvgIpc) is 3.63. The van der Waals surface area contributed by atoms with E-state index in [1.807, 2.05) is 24.3 Å². The Morgan fingerprint density at radius 3 is 2.24 bits per heavy atom. The van der Waals surface area contributed by atoms with Crippen LogP contribution in [0, 0.1) is 24.2 Å². The zero-order valence-electron chi connectivity index (χ0n) is 29.7. The van der Waals surface area contributed by atoms with Gasteiger partial charge in [-0.2, -0.15) is 5.10 Å². The molecule has 0 unspecified atom stereocenters. The number of carbonyl (C=O) groups is 4. The molecule has 1 saturated carbocycles. The maximum absolute atomic E-state index is 13.3. The van der Waals surface area contributed by atoms with E-state index in [2.05, 4.69) is 22.6 Å². The molecule has 0 amide bonds. The van der Waals surface area contributed by atoms with Crippen molar-refractivity contribution in [3.05, 3.63) is 84.9 Å². The molecule has 12 nitrogen and oxygen atoms in total. The lowest BCUT2D eigenvalue weighted by molar-refractivity contribution is -0.145. The van der Waals surface area contributed by atoms with Crippen LogP contribution in [-0.4, -0.2) is 55.3 Å². The smallest absolute Gasteiger partial charge is 0.330 e. The molecule has 1 aromatic heterocycles. The summed E-state index contributed by atoms with van der Waals surface area (Å²) in [6, 6.07) is 19.2. The summed E-state index contributed by atoms with van der Waals surface area (Å²) in [7, 11) is 0. The maximum atomic E-state index is 13.3. The number of anilines is 1. The number of hydrazone groups is 1. The van der Waals surface area contributed by atoms with Crippen LogP contribution in [-0.2, 0) is 23.9 Å². The number of thiazole rings is 1. The molecule has 54 heavy (non-hydrogen) atoms. The van der Waals surface area contributed by atoms with Crippen molar-refractivity contribution in [1.82, 2.24) is 4.98 Å². The van der Waals surface area contributed by atoms with Crippen LogP contribution < -0.4 is 24.0 Å². The molecule has 0 radical (unpaired) electrons. The molecule has 0 atom stereocenters. The van der Waals surface area contributed by atoms with Crippen molar-refractivity contribution in [3.8, 4) is 35.3 Å². The lowest BCUT2D eigenvalue weighted by atomic mass is 9.82. The number of nitrogens with zero attached hydrogens (tertiary/aromatic N) is 3. The number of esters is 3. The van der Waals surface area contributed by atoms with Gasteiger partial charge in [-0.3, -0.25) is 14.4 Å². The van der Waals surface area contributed by atoms with Gasteiger partial charge in [-0.05, 0) is 106 Å². The molecule has 1 aliphatic rings. The van der Waals surface area contributed by atoms with E-state index in [1.54, 1.807) is 29.3 Å². The van der Waals surface area contributed by atoms with Crippen LogP contribution >= 0.6 is 11.3 Å². The minimum absolute atomic E-state index is 0.142. The molecule has 0 saturated heterocycles. The van der Waals surface area contributed by atoms with Gasteiger partial charge in [0.25, 0.3) is 6.47 Å². The number of rotatable bonds is 19. The molecule has 0 bridgehead atoms. The van der Waals surface area contributed by atoms with Crippen molar-refractivity contribution >= 4 is 57.3 Å². The van der Waals surface area contributed by atoms with E-state index in [0.717, 1.165) is 42.0 Å². The van der Waals surface area contributed by atoms with Gasteiger partial charge in [0.05, 0.1) is 41.5 Å². The molecule has 1 aliphatic carbocycles. The van der Waals surface area contributed by atoms with Crippen molar-refractivity contribution < 1.29 is 42.9 Å². The van der Waals surface area contributed by atoms with Crippen LogP contribution in [0.15, 0.2) is 84.5 Å². The van der Waals surface area contributed by atoms with Gasteiger partial charge in [0.1, 0.15) is 29.5 Å². The summed E-state index contributed by atoms with van der Waals surface area (Å²) in [5.74, 6) is 2.19. The fourth-order valence-corrected chi connectivity index (χ4v) is 6.66. The number of hydrogen-bond donors (Lipinski definition) is 0. The molecule has 3 aromatic carbocycles. The van der Waals surface area contributed by atoms with Gasteiger partial charge < -0.3 is 23.7 Å². The first-order chi connectivity index (χ1) is 26.4. The maximum Gasteiger partial charge on any atom is 0.330 e. The Labute approximate surface area is 317 Å². The van der Waals surface area contributed by atoms with E-state index in [-0.39, 0.29) is 29.9 Å². The Morgan fingerprint density at radius 1 is 0.889 bits per heavy atom. The Kier molecular flexibility index (Phi) is 14.7. The van der Waals surface area contributed by atoms with E-state index in [9.17, 15) is 19.2 Å². The van der Waals surface area contributed by atoms with Gasteiger partial charge in [0.2, 0.25) is 5.13 Å². The van der Waals surface area contributed by atoms with E-state index in [0.29, 0.717) is 67.6 Å². The second kappa shape index (κ2) is 20.3. The highest BCUT2D eigenvalue weighted by Gasteiger charge is 2.32. The number of hydrogen-bond acceptors (Lipinski definition) is 13. The zero-order chi connectivity index (χ0) is 38.1. The van der Waals surface area contributed by atoms with Crippen molar-refractivity contribution in [1.29, 1.82) is 0 Å². The molecular formula is C41H41N3O9S. The highest BCUT2D eigenvalue weighted by atomic mass is 32.1. The van der Waals surface area contributed by atoms with Crippen LogP contribution in [0.5, 0.6) is 23.0 Å². The summed E-state index contributed by atoms with van der Waals surface area (Å²) in [6.45, 7) is 4.75. The van der Waals surface area contributed by atoms with Gasteiger partial charge in [0, 0.05) is 11.6 Å². The van der Waals surface area contributed by atoms with Gasteiger partial charge in [-0.15, -0.1) is 6.42 Å². The van der Waals surface area contributed by atoms with Crippen molar-refractivity contribution in [2.24, 2.45) is 16.9 Å². The number of ether oxygens (including phenoxy) is 5. The fourth-order valence-electron chi connectivity index (χ4n) is 5.74. The largest absolute Gasteiger partial charge is 0.494 e. The van der Waals surface area contributed by atoms with Gasteiger partial charge in [0.15, 0.2) is 0 Å². The van der Waals surface area contributed by atoms with Crippen LogP contribution in [0.3, 0.4) is 0 Å². The fraction of sp³-hybridized carbons (Fsp3) is 0.317. The number of fused-ring (bicyclic) bond motifs is 1. The number of aromatic nitrogens is 1. The average molecular weight is 752 g/mol. The third kappa shape index (κ3) is 11.5. The summed E-state index contributed by atoms with van der Waals surface area (Å²) >= 11 is 1.43. The number of unbranched alkanes of at least 4 members (excludes halogenated alkanes) is 3. The minimum atomic E-state index is -0.434. The molecule has 0 spiro atoms. The first kappa shape index (κ1) is 39.2. The second-order valence-electron chi connectivity index (χ2n) is 12.4. The van der Waals surface area contributed by atoms with Crippen LogP contribution in [0.1, 0.15) is 56.9 Å². The van der Waals surface area contributed by atoms with Gasteiger partial charge in [-0.1, -0.05) is 36.0 Å². The molecule has 1 fully saturated rings. The molecule has 280 valence electrons. The lowest BCUT2D eigenvalue weighted by Gasteiger charge is -2.26. The Bertz CT molecular complexity index is 1940. The van der Waals surface area contributed by atoms with E-state index >= 15 is 0 Å². The Morgan fingerprint density at radius 2 is 1.56 bits per heavy atom. The van der Waals surface area contributed by atoms with Crippen LogP contribution in [0.4, 0.5) is 5.13 Å². The Balaban J connectivity index is 1.09. The second-order valence-corrected chi connectivity index (χ2v) is 13.4. The summed E-state index contributed by atoms with van der Waals surface area (Å²) in [6.07, 6.45) is 13.6. The number of terminal acetylenes is 1. The zero-order valence-corrected chi connectivity index (χ0v) is 30.5. The van der Waals surface area contributed by atoms with Crippen molar-refractivity contribution in [3.63, 3.8) is 0 Å². The standard InChI is InChI=1S/C41H41N3O9S/c1-3-23-44(41-43-35-11-7-8-12-37(35)54-41)42-27-31-26-34(51-28-45)21-22-36(31)53-40(48)30-15-13-29(14-16-30)39(47)52-33-19-17-32(18-20-33)49-24-9-5-6-10-25-50-38(46)4-2/h1,4,7-8,11-12,17-22,26-30H,2,5-6,9-10,13-16,23-25H2/b42-27+. The van der Waals surface area contributed by atoms with Gasteiger partial charge in [-0.25, -0.2) is 14.8 Å². The molecule has 13 heteroatoms. The van der Waals surface area contributed by atoms with E-state index in [4.69, 9.17) is 30.1 Å². The number of carbonyl (C=O) groups excluding carboxylic acids is 4.